The fraction of sp³-hybridized carbons (Fsp3) is 0.476. The first-order valence-electron chi connectivity index (χ1n) is 9.93. The number of carbonyl (C=O) groups is 1. The summed E-state index contributed by atoms with van der Waals surface area (Å²) in [6.45, 7) is 7.56. The number of aromatic nitrogens is 1. The minimum absolute atomic E-state index is 0. The van der Waals surface area contributed by atoms with Crippen molar-refractivity contribution >= 4 is 47.2 Å². The predicted octanol–water partition coefficient (Wildman–Crippen LogP) is 2.66. The molecule has 30 heavy (non-hydrogen) atoms. The zero-order chi connectivity index (χ0) is 21.1. The predicted molar refractivity (Wildman–Crippen MR) is 136 cm³/mol. The average Bonchev–Trinajstić information content (AvgIpc) is 3.11. The molecule has 0 spiro atoms. The molecule has 2 aromatic rings. The number of amides is 1. The summed E-state index contributed by atoms with van der Waals surface area (Å²) in [4.78, 5) is 23.5. The van der Waals surface area contributed by atoms with Crippen LogP contribution >= 0.6 is 35.3 Å². The Hall–Kier alpha value is -1.72. The van der Waals surface area contributed by atoms with Crippen molar-refractivity contribution in [3.63, 3.8) is 0 Å². The molecular weight excluding hydrogens is 511 g/mol. The van der Waals surface area contributed by atoms with E-state index in [2.05, 4.69) is 31.3 Å². The standard InChI is InChI=1S/C21H32N6OS.HI/c1-5-22-21(24-10-9-19-15-29-16(2)26-19)25-14-17-7-6-8-18(13-17)20(28)23-11-12-27(3)4;/h6-8,13,15H,5,9-12,14H2,1-4H3,(H,23,28)(H2,22,24,25);1H. The normalized spacial score (nSPS) is 11.2. The summed E-state index contributed by atoms with van der Waals surface area (Å²) < 4.78 is 0. The number of hydrogen-bond donors (Lipinski definition) is 3. The third-order valence-electron chi connectivity index (χ3n) is 4.14. The van der Waals surface area contributed by atoms with Gasteiger partial charge >= 0.3 is 0 Å². The van der Waals surface area contributed by atoms with E-state index in [9.17, 15) is 4.79 Å². The van der Waals surface area contributed by atoms with E-state index in [1.807, 2.05) is 57.1 Å². The first kappa shape index (κ1) is 26.3. The maximum absolute atomic E-state index is 12.3. The molecule has 1 aromatic heterocycles. The minimum Gasteiger partial charge on any atom is -0.357 e. The van der Waals surface area contributed by atoms with Crippen LogP contribution in [0.5, 0.6) is 0 Å². The third kappa shape index (κ3) is 9.86. The van der Waals surface area contributed by atoms with Gasteiger partial charge in [-0.3, -0.25) is 4.79 Å². The van der Waals surface area contributed by atoms with Crippen LogP contribution < -0.4 is 16.0 Å². The number of rotatable bonds is 10. The Balaban J connectivity index is 0.00000450. The molecular formula is C21H33IN6OS. The number of aryl methyl sites for hydroxylation is 1. The highest BCUT2D eigenvalue weighted by molar-refractivity contribution is 14.0. The molecule has 0 bridgehead atoms. The van der Waals surface area contributed by atoms with Gasteiger partial charge in [0.15, 0.2) is 5.96 Å². The molecule has 3 N–H and O–H groups in total. The highest BCUT2D eigenvalue weighted by Crippen LogP contribution is 2.08. The molecule has 1 heterocycles. The van der Waals surface area contributed by atoms with Gasteiger partial charge in [-0.15, -0.1) is 35.3 Å². The molecule has 0 atom stereocenters. The van der Waals surface area contributed by atoms with Crippen LogP contribution in [-0.4, -0.2) is 62.0 Å². The summed E-state index contributed by atoms with van der Waals surface area (Å²) in [5.74, 6) is 0.710. The number of guanidine groups is 1. The Kier molecular flexibility index (Phi) is 12.6. The second-order valence-corrected chi connectivity index (χ2v) is 8.05. The Morgan fingerprint density at radius 3 is 2.67 bits per heavy atom. The first-order valence-corrected chi connectivity index (χ1v) is 10.8. The van der Waals surface area contributed by atoms with E-state index in [4.69, 9.17) is 0 Å². The van der Waals surface area contributed by atoms with Crippen LogP contribution in [0.25, 0.3) is 0 Å². The number of benzene rings is 1. The van der Waals surface area contributed by atoms with Gasteiger partial charge in [-0.05, 0) is 45.6 Å². The molecule has 2 rings (SSSR count). The van der Waals surface area contributed by atoms with Gasteiger partial charge in [0.1, 0.15) is 0 Å². The molecule has 0 fully saturated rings. The molecule has 0 saturated heterocycles. The van der Waals surface area contributed by atoms with Crippen molar-refractivity contribution in [2.75, 3.05) is 40.3 Å². The van der Waals surface area contributed by atoms with Crippen molar-refractivity contribution < 1.29 is 4.79 Å². The summed E-state index contributed by atoms with van der Waals surface area (Å²) in [5, 5.41) is 12.7. The molecule has 0 aliphatic heterocycles. The largest absolute Gasteiger partial charge is 0.357 e. The zero-order valence-electron chi connectivity index (χ0n) is 18.2. The summed E-state index contributed by atoms with van der Waals surface area (Å²) in [6.07, 6.45) is 0.858. The van der Waals surface area contributed by atoms with Crippen molar-refractivity contribution in [3.05, 3.63) is 51.5 Å². The number of halogens is 1. The summed E-state index contributed by atoms with van der Waals surface area (Å²) in [6, 6.07) is 7.62. The van der Waals surface area contributed by atoms with Gasteiger partial charge in [-0.1, -0.05) is 12.1 Å². The lowest BCUT2D eigenvalue weighted by molar-refractivity contribution is 0.0951. The molecule has 0 radical (unpaired) electrons. The van der Waals surface area contributed by atoms with Gasteiger partial charge in [0.05, 0.1) is 17.2 Å². The van der Waals surface area contributed by atoms with Gasteiger partial charge in [0.2, 0.25) is 0 Å². The van der Waals surface area contributed by atoms with Gasteiger partial charge in [-0.2, -0.15) is 0 Å². The van der Waals surface area contributed by atoms with Gasteiger partial charge < -0.3 is 20.9 Å². The maximum Gasteiger partial charge on any atom is 0.251 e. The van der Waals surface area contributed by atoms with Crippen molar-refractivity contribution in [1.82, 2.24) is 25.8 Å². The molecule has 0 unspecified atom stereocenters. The highest BCUT2D eigenvalue weighted by Gasteiger charge is 2.06. The quantitative estimate of drug-likeness (QED) is 0.244. The third-order valence-corrected chi connectivity index (χ3v) is 4.96. The topological polar surface area (TPSA) is 81.7 Å². The van der Waals surface area contributed by atoms with Gasteiger partial charge in [0, 0.05) is 43.5 Å². The van der Waals surface area contributed by atoms with E-state index >= 15 is 0 Å². The molecule has 0 aliphatic rings. The Bertz CT molecular complexity index is 808. The molecule has 166 valence electrons. The highest BCUT2D eigenvalue weighted by atomic mass is 127. The van der Waals surface area contributed by atoms with Crippen LogP contribution in [0.4, 0.5) is 0 Å². The fourth-order valence-electron chi connectivity index (χ4n) is 2.65. The molecule has 0 aliphatic carbocycles. The second-order valence-electron chi connectivity index (χ2n) is 6.99. The number of nitrogens with zero attached hydrogens (tertiary/aromatic N) is 3. The molecule has 1 amide bonds. The van der Waals surface area contributed by atoms with E-state index in [-0.39, 0.29) is 29.9 Å². The molecule has 9 heteroatoms. The van der Waals surface area contributed by atoms with Crippen LogP contribution in [0.2, 0.25) is 0 Å². The lowest BCUT2D eigenvalue weighted by Gasteiger charge is -2.12. The lowest BCUT2D eigenvalue weighted by atomic mass is 10.1. The summed E-state index contributed by atoms with van der Waals surface area (Å²) >= 11 is 1.67. The van der Waals surface area contributed by atoms with Crippen molar-refractivity contribution in [1.29, 1.82) is 0 Å². The van der Waals surface area contributed by atoms with Gasteiger partial charge in [0.25, 0.3) is 5.91 Å². The lowest BCUT2D eigenvalue weighted by Crippen LogP contribution is -2.38. The number of likely N-dealkylation sites (N-methyl/N-ethyl adjacent to an activating group) is 1. The van der Waals surface area contributed by atoms with E-state index in [0.717, 1.165) is 48.3 Å². The van der Waals surface area contributed by atoms with Crippen molar-refractivity contribution in [3.8, 4) is 0 Å². The van der Waals surface area contributed by atoms with E-state index in [1.165, 1.54) is 0 Å². The number of nitrogens with one attached hydrogen (secondary N) is 3. The number of carbonyl (C=O) groups excluding carboxylic acids is 1. The number of hydrogen-bond acceptors (Lipinski definition) is 5. The molecule has 7 nitrogen and oxygen atoms in total. The van der Waals surface area contributed by atoms with E-state index in [1.54, 1.807) is 11.3 Å². The average molecular weight is 545 g/mol. The fourth-order valence-corrected chi connectivity index (χ4v) is 3.30. The second kappa shape index (κ2) is 14.3. The monoisotopic (exact) mass is 544 g/mol. The van der Waals surface area contributed by atoms with Gasteiger partial charge in [-0.25, -0.2) is 9.98 Å². The Morgan fingerprint density at radius 2 is 2.00 bits per heavy atom. The number of aliphatic imine (C=N–C) groups is 1. The number of thiazole rings is 1. The van der Waals surface area contributed by atoms with E-state index < -0.39 is 0 Å². The smallest absolute Gasteiger partial charge is 0.251 e. The minimum atomic E-state index is -0.0544. The van der Waals surface area contributed by atoms with Crippen LogP contribution in [0, 0.1) is 6.92 Å². The summed E-state index contributed by atoms with van der Waals surface area (Å²) in [7, 11) is 3.97. The van der Waals surface area contributed by atoms with Crippen LogP contribution in [0.1, 0.15) is 33.5 Å². The van der Waals surface area contributed by atoms with Crippen molar-refractivity contribution in [2.45, 2.75) is 26.8 Å². The van der Waals surface area contributed by atoms with Crippen LogP contribution in [-0.2, 0) is 13.0 Å². The van der Waals surface area contributed by atoms with Crippen LogP contribution in [0.15, 0.2) is 34.6 Å². The van der Waals surface area contributed by atoms with Crippen molar-refractivity contribution in [2.24, 2.45) is 4.99 Å². The first-order chi connectivity index (χ1) is 14.0. The maximum atomic E-state index is 12.3. The molecule has 0 saturated carbocycles. The molecule has 1 aromatic carbocycles. The van der Waals surface area contributed by atoms with E-state index in [0.29, 0.717) is 18.7 Å². The van der Waals surface area contributed by atoms with Crippen LogP contribution in [0.3, 0.4) is 0 Å². The Labute approximate surface area is 200 Å². The zero-order valence-corrected chi connectivity index (χ0v) is 21.3. The SMILES string of the molecule is CCNC(=NCc1cccc(C(=O)NCCN(C)C)c1)NCCc1csc(C)n1.I. The summed E-state index contributed by atoms with van der Waals surface area (Å²) in [5.41, 5.74) is 2.76. The Morgan fingerprint density at radius 1 is 1.20 bits per heavy atom.